The van der Waals surface area contributed by atoms with Crippen LogP contribution in [0.25, 0.3) is 22.4 Å². The number of morpholine rings is 1. The lowest BCUT2D eigenvalue weighted by molar-refractivity contribution is 0.112. The van der Waals surface area contributed by atoms with Crippen molar-refractivity contribution in [2.45, 2.75) is 6.92 Å². The van der Waals surface area contributed by atoms with E-state index in [0.29, 0.717) is 54.5 Å². The molecule has 1 aliphatic rings. The number of nitrogens with two attached hydrogens (primary N) is 1. The number of ether oxygens (including phenoxy) is 1. The fourth-order valence-electron chi connectivity index (χ4n) is 3.03. The molecule has 0 aliphatic carbocycles. The molecule has 26 heavy (non-hydrogen) atoms. The largest absolute Gasteiger partial charge is 0.378 e. The van der Waals surface area contributed by atoms with Crippen molar-refractivity contribution in [1.29, 1.82) is 0 Å². The fourth-order valence-corrected chi connectivity index (χ4v) is 3.03. The summed E-state index contributed by atoms with van der Waals surface area (Å²) in [5.74, 6) is 0.802. The first kappa shape index (κ1) is 16.3. The minimum absolute atomic E-state index is 0.158. The van der Waals surface area contributed by atoms with E-state index in [4.69, 9.17) is 15.5 Å². The van der Waals surface area contributed by atoms with E-state index in [-0.39, 0.29) is 5.95 Å². The van der Waals surface area contributed by atoms with Crippen LogP contribution in [0, 0.1) is 6.92 Å². The first-order chi connectivity index (χ1) is 12.7. The summed E-state index contributed by atoms with van der Waals surface area (Å²) in [7, 11) is 0. The maximum Gasteiger partial charge on any atom is 0.224 e. The van der Waals surface area contributed by atoms with Crippen LogP contribution in [0.15, 0.2) is 24.4 Å². The van der Waals surface area contributed by atoms with E-state index in [9.17, 15) is 4.79 Å². The monoisotopic (exact) mass is 350 g/mol. The van der Waals surface area contributed by atoms with E-state index in [2.05, 4.69) is 19.9 Å². The lowest BCUT2D eigenvalue weighted by Crippen LogP contribution is -2.37. The number of aldehydes is 1. The van der Waals surface area contributed by atoms with Crippen LogP contribution in [0.2, 0.25) is 0 Å². The van der Waals surface area contributed by atoms with Crippen LogP contribution in [0.3, 0.4) is 0 Å². The van der Waals surface area contributed by atoms with E-state index in [1.807, 2.05) is 19.1 Å². The van der Waals surface area contributed by atoms with Crippen LogP contribution >= 0.6 is 0 Å². The van der Waals surface area contributed by atoms with Gasteiger partial charge in [-0.1, -0.05) is 17.7 Å². The Morgan fingerprint density at radius 1 is 1.19 bits per heavy atom. The highest BCUT2D eigenvalue weighted by atomic mass is 16.5. The van der Waals surface area contributed by atoms with Crippen LogP contribution in [0.5, 0.6) is 0 Å². The number of hydrogen-bond acceptors (Lipinski definition) is 8. The van der Waals surface area contributed by atoms with Gasteiger partial charge in [0.15, 0.2) is 23.3 Å². The molecule has 3 heterocycles. The number of nitrogens with zero attached hydrogens (tertiary/aromatic N) is 5. The Morgan fingerprint density at radius 3 is 2.77 bits per heavy atom. The Labute approximate surface area is 150 Å². The highest BCUT2D eigenvalue weighted by Gasteiger charge is 2.19. The van der Waals surface area contributed by atoms with Crippen molar-refractivity contribution in [3.8, 4) is 11.3 Å². The van der Waals surface area contributed by atoms with Gasteiger partial charge < -0.3 is 15.4 Å². The molecule has 132 valence electrons. The summed E-state index contributed by atoms with van der Waals surface area (Å²) in [6.45, 7) is 4.59. The van der Waals surface area contributed by atoms with E-state index < -0.39 is 0 Å². The highest BCUT2D eigenvalue weighted by molar-refractivity contribution is 5.90. The van der Waals surface area contributed by atoms with Gasteiger partial charge in [0, 0.05) is 24.2 Å². The number of carbonyl (C=O) groups is 1. The maximum absolute atomic E-state index is 11.4. The first-order valence-corrected chi connectivity index (χ1v) is 8.35. The lowest BCUT2D eigenvalue weighted by Gasteiger charge is -2.28. The van der Waals surface area contributed by atoms with Gasteiger partial charge >= 0.3 is 0 Å². The number of hydrogen-bond donors (Lipinski definition) is 1. The average molecular weight is 350 g/mol. The second-order valence-corrected chi connectivity index (χ2v) is 6.14. The number of anilines is 2. The number of nitrogen functional groups attached to an aromatic ring is 1. The van der Waals surface area contributed by atoms with Crippen molar-refractivity contribution in [3.63, 3.8) is 0 Å². The van der Waals surface area contributed by atoms with Crippen LogP contribution in [-0.4, -0.2) is 52.5 Å². The molecule has 8 heteroatoms. The van der Waals surface area contributed by atoms with Gasteiger partial charge in [-0.2, -0.15) is 9.97 Å². The molecule has 0 radical (unpaired) electrons. The second kappa shape index (κ2) is 6.64. The molecule has 1 aliphatic heterocycles. The smallest absolute Gasteiger partial charge is 0.224 e. The third-order valence-corrected chi connectivity index (χ3v) is 4.33. The Hall–Kier alpha value is -3.13. The number of fused-ring (bicyclic) bond motifs is 1. The summed E-state index contributed by atoms with van der Waals surface area (Å²) in [5, 5.41) is 0. The average Bonchev–Trinajstić information content (AvgIpc) is 2.67. The normalized spacial score (nSPS) is 14.6. The van der Waals surface area contributed by atoms with Gasteiger partial charge in [0.1, 0.15) is 0 Å². The summed E-state index contributed by atoms with van der Waals surface area (Å²) < 4.78 is 5.41. The van der Waals surface area contributed by atoms with Gasteiger partial charge in [0.2, 0.25) is 5.95 Å². The molecule has 0 saturated carbocycles. The van der Waals surface area contributed by atoms with Crippen molar-refractivity contribution in [1.82, 2.24) is 19.9 Å². The van der Waals surface area contributed by atoms with E-state index in [1.165, 1.54) is 0 Å². The van der Waals surface area contributed by atoms with E-state index >= 15 is 0 Å². The summed E-state index contributed by atoms with van der Waals surface area (Å²) in [6, 6.07) is 5.60. The first-order valence-electron chi connectivity index (χ1n) is 8.35. The maximum atomic E-state index is 11.4. The van der Waals surface area contributed by atoms with Crippen LogP contribution in [0.4, 0.5) is 11.8 Å². The minimum Gasteiger partial charge on any atom is -0.378 e. The molecule has 1 fully saturated rings. The quantitative estimate of drug-likeness (QED) is 0.710. The molecule has 4 rings (SSSR count). The summed E-state index contributed by atoms with van der Waals surface area (Å²) in [5.41, 5.74) is 9.79. The van der Waals surface area contributed by atoms with E-state index in [0.717, 1.165) is 17.4 Å². The molecular weight excluding hydrogens is 332 g/mol. The zero-order valence-corrected chi connectivity index (χ0v) is 14.3. The SMILES string of the molecule is Cc1ccc(C=O)c(-c2cnc3nc(N)nc(N4CCOCC4)c3n2)c1. The molecule has 3 aromatic rings. The Morgan fingerprint density at radius 2 is 2.00 bits per heavy atom. The zero-order valence-electron chi connectivity index (χ0n) is 14.3. The molecule has 0 bridgehead atoms. The molecule has 0 atom stereocenters. The van der Waals surface area contributed by atoms with Crippen molar-refractivity contribution in [2.24, 2.45) is 0 Å². The van der Waals surface area contributed by atoms with Crippen molar-refractivity contribution in [2.75, 3.05) is 36.9 Å². The van der Waals surface area contributed by atoms with Gasteiger partial charge in [-0.15, -0.1) is 0 Å². The molecule has 2 aromatic heterocycles. The summed E-state index contributed by atoms with van der Waals surface area (Å²) in [6.07, 6.45) is 2.43. The molecule has 1 aromatic carbocycles. The Balaban J connectivity index is 1.90. The Kier molecular flexibility index (Phi) is 4.18. The van der Waals surface area contributed by atoms with Crippen LogP contribution in [-0.2, 0) is 4.74 Å². The minimum atomic E-state index is 0.158. The summed E-state index contributed by atoms with van der Waals surface area (Å²) in [4.78, 5) is 31.2. The molecule has 0 spiro atoms. The molecule has 2 N–H and O–H groups in total. The van der Waals surface area contributed by atoms with E-state index in [1.54, 1.807) is 12.3 Å². The van der Waals surface area contributed by atoms with Crippen LogP contribution in [0.1, 0.15) is 15.9 Å². The number of benzene rings is 1. The fraction of sp³-hybridized carbons (Fsp3) is 0.278. The molecular formula is C18H18N6O2. The van der Waals surface area contributed by atoms with Crippen molar-refractivity contribution >= 4 is 29.2 Å². The predicted octanol–water partition coefficient (Wildman–Crippen LogP) is 1.63. The van der Waals surface area contributed by atoms with Gasteiger partial charge in [-0.25, -0.2) is 9.97 Å². The third kappa shape index (κ3) is 2.95. The number of aromatic nitrogens is 4. The predicted molar refractivity (Wildman–Crippen MR) is 98.1 cm³/mol. The number of rotatable bonds is 3. The molecule has 0 unspecified atom stereocenters. The summed E-state index contributed by atoms with van der Waals surface area (Å²) >= 11 is 0. The molecule has 1 saturated heterocycles. The standard InChI is InChI=1S/C18H18N6O2/c1-11-2-3-12(10-25)13(8-11)14-9-20-16-15(21-14)17(23-18(19)22-16)24-4-6-26-7-5-24/h2-3,8-10H,4-7H2,1H3,(H2,19,20,22,23). The highest BCUT2D eigenvalue weighted by Crippen LogP contribution is 2.27. The van der Waals surface area contributed by atoms with Crippen LogP contribution < -0.4 is 10.6 Å². The lowest BCUT2D eigenvalue weighted by atomic mass is 10.0. The van der Waals surface area contributed by atoms with Gasteiger partial charge in [0.05, 0.1) is 25.1 Å². The van der Waals surface area contributed by atoms with Gasteiger partial charge in [-0.3, -0.25) is 4.79 Å². The number of aryl methyl sites for hydroxylation is 1. The Bertz CT molecular complexity index is 985. The zero-order chi connectivity index (χ0) is 18.1. The second-order valence-electron chi connectivity index (χ2n) is 6.14. The third-order valence-electron chi connectivity index (χ3n) is 4.33. The van der Waals surface area contributed by atoms with Gasteiger partial charge in [0.25, 0.3) is 0 Å². The van der Waals surface area contributed by atoms with Crippen molar-refractivity contribution in [3.05, 3.63) is 35.5 Å². The topological polar surface area (TPSA) is 107 Å². The number of carbonyl (C=O) groups excluding carboxylic acids is 1. The molecule has 0 amide bonds. The molecule has 8 nitrogen and oxygen atoms in total. The van der Waals surface area contributed by atoms with Gasteiger partial charge in [-0.05, 0) is 13.0 Å². The van der Waals surface area contributed by atoms with Crippen molar-refractivity contribution < 1.29 is 9.53 Å².